The van der Waals surface area contributed by atoms with E-state index in [0.717, 1.165) is 42.7 Å². The van der Waals surface area contributed by atoms with E-state index in [1.807, 2.05) is 25.1 Å². The fraction of sp³-hybridized carbons (Fsp3) is 0.611. The highest BCUT2D eigenvalue weighted by atomic mass is 16.5. The molecule has 1 aromatic carbocycles. The van der Waals surface area contributed by atoms with E-state index in [9.17, 15) is 4.79 Å². The van der Waals surface area contributed by atoms with Gasteiger partial charge in [-0.15, -0.1) is 0 Å². The van der Waals surface area contributed by atoms with Crippen molar-refractivity contribution in [3.8, 4) is 5.75 Å². The van der Waals surface area contributed by atoms with Crippen molar-refractivity contribution in [2.24, 2.45) is 0 Å². The summed E-state index contributed by atoms with van der Waals surface area (Å²) in [5, 5.41) is 5.99. The van der Waals surface area contributed by atoms with Crippen LogP contribution in [0.15, 0.2) is 18.2 Å². The van der Waals surface area contributed by atoms with Gasteiger partial charge in [-0.25, -0.2) is 4.79 Å². The standard InChI is InChI=1S/C18H26N2O3/c1-13-6-7-14(17(10-13)23-16-8-9-22-12-16)11-19-18(21)20-15-4-2-3-5-15/h6-7,10,15-16H,2-5,8-9,11-12H2,1H3,(H2,19,20,21). The maximum absolute atomic E-state index is 12.0. The van der Waals surface area contributed by atoms with Crippen LogP contribution in [-0.2, 0) is 11.3 Å². The second-order valence-electron chi connectivity index (χ2n) is 6.52. The molecule has 0 bridgehead atoms. The minimum Gasteiger partial charge on any atom is -0.488 e. The summed E-state index contributed by atoms with van der Waals surface area (Å²) in [5.74, 6) is 0.849. The van der Waals surface area contributed by atoms with E-state index in [4.69, 9.17) is 9.47 Å². The summed E-state index contributed by atoms with van der Waals surface area (Å²) < 4.78 is 11.4. The molecule has 0 aromatic heterocycles. The Balaban J connectivity index is 1.56. The number of amides is 2. The molecule has 5 nitrogen and oxygen atoms in total. The summed E-state index contributed by atoms with van der Waals surface area (Å²) in [6.45, 7) is 3.92. The lowest BCUT2D eigenvalue weighted by Gasteiger charge is -2.17. The highest BCUT2D eigenvalue weighted by Crippen LogP contribution is 2.24. The Bertz CT molecular complexity index is 535. The molecule has 0 radical (unpaired) electrons. The third kappa shape index (κ3) is 4.61. The van der Waals surface area contributed by atoms with Gasteiger partial charge in [-0.2, -0.15) is 0 Å². The number of carbonyl (C=O) groups is 1. The van der Waals surface area contributed by atoms with E-state index in [0.29, 0.717) is 19.2 Å². The number of urea groups is 1. The normalized spacial score (nSPS) is 21.3. The molecule has 126 valence electrons. The van der Waals surface area contributed by atoms with Gasteiger partial charge in [0.2, 0.25) is 0 Å². The van der Waals surface area contributed by atoms with Gasteiger partial charge in [0, 0.05) is 24.6 Å². The summed E-state index contributed by atoms with van der Waals surface area (Å²) >= 11 is 0. The largest absolute Gasteiger partial charge is 0.488 e. The predicted molar refractivity (Wildman–Crippen MR) is 88.7 cm³/mol. The Morgan fingerprint density at radius 3 is 2.87 bits per heavy atom. The molecule has 5 heteroatoms. The molecule has 1 heterocycles. The van der Waals surface area contributed by atoms with Gasteiger partial charge >= 0.3 is 6.03 Å². The first-order valence-electron chi connectivity index (χ1n) is 8.59. The number of aryl methyl sites for hydroxylation is 1. The summed E-state index contributed by atoms with van der Waals surface area (Å²) in [4.78, 5) is 12.0. The molecular formula is C18H26N2O3. The Morgan fingerprint density at radius 2 is 2.13 bits per heavy atom. The zero-order valence-electron chi connectivity index (χ0n) is 13.8. The van der Waals surface area contributed by atoms with Gasteiger partial charge in [0.25, 0.3) is 0 Å². The van der Waals surface area contributed by atoms with Crippen LogP contribution in [0, 0.1) is 6.92 Å². The average Bonchev–Trinajstić information content (AvgIpc) is 3.20. The second-order valence-corrected chi connectivity index (χ2v) is 6.52. The van der Waals surface area contributed by atoms with Crippen molar-refractivity contribution in [1.82, 2.24) is 10.6 Å². The van der Waals surface area contributed by atoms with E-state index in [1.165, 1.54) is 12.8 Å². The zero-order chi connectivity index (χ0) is 16.1. The summed E-state index contributed by atoms with van der Waals surface area (Å²) in [7, 11) is 0. The van der Waals surface area contributed by atoms with Crippen molar-refractivity contribution < 1.29 is 14.3 Å². The fourth-order valence-electron chi connectivity index (χ4n) is 3.18. The van der Waals surface area contributed by atoms with Crippen LogP contribution in [-0.4, -0.2) is 31.4 Å². The molecule has 1 saturated heterocycles. The summed E-state index contributed by atoms with van der Waals surface area (Å²) in [5.41, 5.74) is 2.15. The average molecular weight is 318 g/mol. The van der Waals surface area contributed by atoms with Crippen molar-refractivity contribution in [2.75, 3.05) is 13.2 Å². The molecule has 1 aliphatic carbocycles. The van der Waals surface area contributed by atoms with E-state index in [2.05, 4.69) is 10.6 Å². The lowest BCUT2D eigenvalue weighted by Crippen LogP contribution is -2.40. The number of hydrogen-bond acceptors (Lipinski definition) is 3. The van der Waals surface area contributed by atoms with Crippen LogP contribution in [0.2, 0.25) is 0 Å². The molecule has 2 fully saturated rings. The minimum atomic E-state index is -0.0902. The van der Waals surface area contributed by atoms with E-state index < -0.39 is 0 Å². The molecule has 23 heavy (non-hydrogen) atoms. The monoisotopic (exact) mass is 318 g/mol. The molecule has 2 amide bonds. The summed E-state index contributed by atoms with van der Waals surface area (Å²) in [6, 6.07) is 6.34. The number of benzene rings is 1. The predicted octanol–water partition coefficient (Wildman–Crippen LogP) is 2.90. The third-order valence-corrected chi connectivity index (χ3v) is 4.53. The molecule has 1 unspecified atom stereocenters. The highest BCUT2D eigenvalue weighted by molar-refractivity contribution is 5.74. The number of hydrogen-bond donors (Lipinski definition) is 2. The highest BCUT2D eigenvalue weighted by Gasteiger charge is 2.20. The van der Waals surface area contributed by atoms with Crippen LogP contribution in [0.3, 0.4) is 0 Å². The van der Waals surface area contributed by atoms with Crippen LogP contribution in [0.25, 0.3) is 0 Å². The number of nitrogens with one attached hydrogen (secondary N) is 2. The Kier molecular flexibility index (Phi) is 5.39. The molecule has 2 aliphatic rings. The molecule has 1 atom stereocenters. The molecule has 1 aliphatic heterocycles. The smallest absolute Gasteiger partial charge is 0.315 e. The van der Waals surface area contributed by atoms with E-state index in [-0.39, 0.29) is 12.1 Å². The van der Waals surface area contributed by atoms with Crippen LogP contribution in [0.1, 0.15) is 43.2 Å². The lowest BCUT2D eigenvalue weighted by atomic mass is 10.1. The van der Waals surface area contributed by atoms with Gasteiger partial charge in [-0.1, -0.05) is 25.0 Å². The van der Waals surface area contributed by atoms with E-state index in [1.54, 1.807) is 0 Å². The topological polar surface area (TPSA) is 59.6 Å². The fourth-order valence-corrected chi connectivity index (χ4v) is 3.18. The minimum absolute atomic E-state index is 0.0902. The van der Waals surface area contributed by atoms with Crippen LogP contribution < -0.4 is 15.4 Å². The molecular weight excluding hydrogens is 292 g/mol. The first kappa shape index (κ1) is 16.1. The van der Waals surface area contributed by atoms with Crippen molar-refractivity contribution in [2.45, 2.75) is 57.7 Å². The SMILES string of the molecule is Cc1ccc(CNC(=O)NC2CCCC2)c(OC2CCOC2)c1. The lowest BCUT2D eigenvalue weighted by molar-refractivity contribution is 0.140. The van der Waals surface area contributed by atoms with Crippen LogP contribution >= 0.6 is 0 Å². The van der Waals surface area contributed by atoms with Gasteiger partial charge in [0.1, 0.15) is 11.9 Å². The first-order chi connectivity index (χ1) is 11.2. The van der Waals surface area contributed by atoms with Gasteiger partial charge in [0.05, 0.1) is 13.2 Å². The van der Waals surface area contributed by atoms with Crippen molar-refractivity contribution in [3.63, 3.8) is 0 Å². The second kappa shape index (κ2) is 7.68. The van der Waals surface area contributed by atoms with Gasteiger partial charge in [0.15, 0.2) is 0 Å². The Hall–Kier alpha value is -1.75. The first-order valence-corrected chi connectivity index (χ1v) is 8.59. The van der Waals surface area contributed by atoms with Crippen molar-refractivity contribution in [1.29, 1.82) is 0 Å². The van der Waals surface area contributed by atoms with Gasteiger partial charge in [-0.3, -0.25) is 0 Å². The maximum Gasteiger partial charge on any atom is 0.315 e. The number of ether oxygens (including phenoxy) is 2. The number of rotatable bonds is 5. The molecule has 0 spiro atoms. The van der Waals surface area contributed by atoms with Gasteiger partial charge < -0.3 is 20.1 Å². The van der Waals surface area contributed by atoms with Crippen molar-refractivity contribution in [3.05, 3.63) is 29.3 Å². The van der Waals surface area contributed by atoms with Crippen molar-refractivity contribution >= 4 is 6.03 Å². The Morgan fingerprint density at radius 1 is 1.30 bits per heavy atom. The van der Waals surface area contributed by atoms with E-state index >= 15 is 0 Å². The molecule has 1 saturated carbocycles. The third-order valence-electron chi connectivity index (χ3n) is 4.53. The summed E-state index contributed by atoms with van der Waals surface area (Å²) in [6.07, 6.45) is 5.64. The van der Waals surface area contributed by atoms with Crippen LogP contribution in [0.5, 0.6) is 5.75 Å². The van der Waals surface area contributed by atoms with Gasteiger partial charge in [-0.05, 0) is 31.4 Å². The molecule has 1 aromatic rings. The molecule has 3 rings (SSSR count). The molecule has 2 N–H and O–H groups in total. The maximum atomic E-state index is 12.0. The van der Waals surface area contributed by atoms with Crippen LogP contribution in [0.4, 0.5) is 4.79 Å². The number of carbonyl (C=O) groups excluding carboxylic acids is 1. The zero-order valence-corrected chi connectivity index (χ0v) is 13.8. The Labute approximate surface area is 137 Å². The quantitative estimate of drug-likeness (QED) is 0.877.